The number of carboxylic acid groups (broad SMARTS) is 1. The van der Waals surface area contributed by atoms with Crippen molar-refractivity contribution in [3.63, 3.8) is 0 Å². The lowest BCUT2D eigenvalue weighted by Crippen LogP contribution is -2.31. The second kappa shape index (κ2) is 5.99. The number of aromatic carboxylic acids is 1. The first-order chi connectivity index (χ1) is 12.3. The van der Waals surface area contributed by atoms with Crippen molar-refractivity contribution in [2.75, 3.05) is 0 Å². The molecule has 26 heavy (non-hydrogen) atoms. The standard InChI is InChI=1S/C19H14ClIN2O3/c1-19(2)15-16(18(24)25)22-23(12-6-3-10(20)4-7-12)17(15)13-8-5-11(21)9-14(13)26-19/h3-9H,1-2H3,(H,24,25). The van der Waals surface area contributed by atoms with Crippen molar-refractivity contribution in [1.82, 2.24) is 9.78 Å². The maximum absolute atomic E-state index is 11.9. The Kier molecular flexibility index (Phi) is 4.00. The van der Waals surface area contributed by atoms with Crippen molar-refractivity contribution in [2.24, 2.45) is 0 Å². The Hall–Kier alpha value is -2.06. The molecule has 7 heteroatoms. The van der Waals surface area contributed by atoms with Crippen LogP contribution in [-0.4, -0.2) is 20.9 Å². The molecule has 0 bridgehead atoms. The van der Waals surface area contributed by atoms with E-state index in [1.807, 2.05) is 44.2 Å². The summed E-state index contributed by atoms with van der Waals surface area (Å²) >= 11 is 8.22. The molecule has 5 nitrogen and oxygen atoms in total. The van der Waals surface area contributed by atoms with E-state index >= 15 is 0 Å². The molecule has 4 rings (SSSR count). The van der Waals surface area contributed by atoms with Crippen LogP contribution >= 0.6 is 34.2 Å². The van der Waals surface area contributed by atoms with Gasteiger partial charge in [0.15, 0.2) is 5.69 Å². The Labute approximate surface area is 168 Å². The van der Waals surface area contributed by atoms with Gasteiger partial charge in [0.05, 0.1) is 16.9 Å². The minimum Gasteiger partial charge on any atom is -0.482 e. The Morgan fingerprint density at radius 1 is 1.23 bits per heavy atom. The molecule has 2 aromatic carbocycles. The average molecular weight is 481 g/mol. The van der Waals surface area contributed by atoms with E-state index in [1.165, 1.54) is 0 Å². The Bertz CT molecular complexity index is 1040. The van der Waals surface area contributed by atoms with Gasteiger partial charge < -0.3 is 9.84 Å². The fourth-order valence-electron chi connectivity index (χ4n) is 3.26. The van der Waals surface area contributed by atoms with Crippen LogP contribution in [0.25, 0.3) is 16.9 Å². The number of ether oxygens (including phenoxy) is 1. The van der Waals surface area contributed by atoms with Crippen LogP contribution in [0.3, 0.4) is 0 Å². The first-order valence-corrected chi connectivity index (χ1v) is 9.35. The van der Waals surface area contributed by atoms with Gasteiger partial charge in [-0.15, -0.1) is 0 Å². The predicted octanol–water partition coefficient (Wildman–Crippen LogP) is 5.12. The number of fused-ring (bicyclic) bond motifs is 3. The lowest BCUT2D eigenvalue weighted by molar-refractivity contribution is 0.0664. The first kappa shape index (κ1) is 17.4. The third-order valence-corrected chi connectivity index (χ3v) is 5.25. The molecule has 1 aromatic heterocycles. The molecule has 1 aliphatic rings. The molecular formula is C19H14ClIN2O3. The van der Waals surface area contributed by atoms with Gasteiger partial charge in [0, 0.05) is 14.2 Å². The SMILES string of the molecule is CC1(C)Oc2cc(I)ccc2-c2c1c(C(=O)O)nn2-c1ccc(Cl)cc1. The lowest BCUT2D eigenvalue weighted by Gasteiger charge is -2.33. The first-order valence-electron chi connectivity index (χ1n) is 7.89. The van der Waals surface area contributed by atoms with Gasteiger partial charge in [-0.05, 0) is 78.9 Å². The zero-order chi connectivity index (χ0) is 18.6. The van der Waals surface area contributed by atoms with Crippen LogP contribution in [0.2, 0.25) is 5.02 Å². The second-order valence-electron chi connectivity index (χ2n) is 6.52. The van der Waals surface area contributed by atoms with Crippen molar-refractivity contribution in [2.45, 2.75) is 19.4 Å². The highest BCUT2D eigenvalue weighted by molar-refractivity contribution is 14.1. The summed E-state index contributed by atoms with van der Waals surface area (Å²) in [5.41, 5.74) is 2.01. The van der Waals surface area contributed by atoms with Crippen molar-refractivity contribution in [1.29, 1.82) is 0 Å². The second-order valence-corrected chi connectivity index (χ2v) is 8.20. The maximum atomic E-state index is 11.9. The highest BCUT2D eigenvalue weighted by Gasteiger charge is 2.41. The van der Waals surface area contributed by atoms with Gasteiger partial charge in [-0.1, -0.05) is 11.6 Å². The summed E-state index contributed by atoms with van der Waals surface area (Å²) in [5.74, 6) is -0.374. The Balaban J connectivity index is 2.09. The van der Waals surface area contributed by atoms with Gasteiger partial charge in [-0.2, -0.15) is 5.10 Å². The molecule has 3 aromatic rings. The van der Waals surface area contributed by atoms with Crippen molar-refractivity contribution in [3.8, 4) is 22.7 Å². The number of nitrogens with zero attached hydrogens (tertiary/aromatic N) is 2. The minimum absolute atomic E-state index is 0.0100. The molecule has 0 amide bonds. The van der Waals surface area contributed by atoms with E-state index in [2.05, 4.69) is 27.7 Å². The minimum atomic E-state index is -1.08. The van der Waals surface area contributed by atoms with Gasteiger partial charge in [0.1, 0.15) is 11.4 Å². The van der Waals surface area contributed by atoms with Crippen LogP contribution in [0.4, 0.5) is 0 Å². The van der Waals surface area contributed by atoms with Crippen LogP contribution in [0.1, 0.15) is 29.9 Å². The number of aromatic nitrogens is 2. The van der Waals surface area contributed by atoms with Gasteiger partial charge in [-0.25, -0.2) is 9.48 Å². The molecule has 1 N–H and O–H groups in total. The van der Waals surface area contributed by atoms with E-state index in [-0.39, 0.29) is 5.69 Å². The third kappa shape index (κ3) is 2.68. The zero-order valence-electron chi connectivity index (χ0n) is 14.0. The summed E-state index contributed by atoms with van der Waals surface area (Å²) in [7, 11) is 0. The van der Waals surface area contributed by atoms with Gasteiger partial charge in [0.2, 0.25) is 0 Å². The molecule has 0 radical (unpaired) electrons. The molecule has 0 aliphatic carbocycles. The van der Waals surface area contributed by atoms with Gasteiger partial charge in [0.25, 0.3) is 0 Å². The Morgan fingerprint density at radius 3 is 2.58 bits per heavy atom. The Morgan fingerprint density at radius 2 is 1.92 bits per heavy atom. The summed E-state index contributed by atoms with van der Waals surface area (Å²) in [6.07, 6.45) is 0. The predicted molar refractivity (Wildman–Crippen MR) is 107 cm³/mol. The molecule has 132 valence electrons. The largest absolute Gasteiger partial charge is 0.482 e. The number of hydrogen-bond donors (Lipinski definition) is 1. The summed E-state index contributed by atoms with van der Waals surface area (Å²) in [6, 6.07) is 13.0. The highest BCUT2D eigenvalue weighted by atomic mass is 127. The van der Waals surface area contributed by atoms with E-state index in [0.29, 0.717) is 16.3 Å². The summed E-state index contributed by atoms with van der Waals surface area (Å²) in [5, 5.41) is 14.7. The van der Waals surface area contributed by atoms with Crippen LogP contribution in [-0.2, 0) is 5.60 Å². The monoisotopic (exact) mass is 480 g/mol. The fraction of sp³-hybridized carbons (Fsp3) is 0.158. The number of hydrogen-bond acceptors (Lipinski definition) is 3. The van der Waals surface area contributed by atoms with Gasteiger partial charge in [-0.3, -0.25) is 0 Å². The normalized spacial score (nSPS) is 14.3. The van der Waals surface area contributed by atoms with Gasteiger partial charge >= 0.3 is 5.97 Å². The summed E-state index contributed by atoms with van der Waals surface area (Å²) in [6.45, 7) is 3.71. The summed E-state index contributed by atoms with van der Waals surface area (Å²) in [4.78, 5) is 11.9. The van der Waals surface area contributed by atoms with E-state index in [4.69, 9.17) is 16.3 Å². The number of halogens is 2. The number of carboxylic acids is 1. The van der Waals surface area contributed by atoms with Crippen LogP contribution in [0.5, 0.6) is 5.75 Å². The topological polar surface area (TPSA) is 64.3 Å². The molecule has 0 unspecified atom stereocenters. The lowest BCUT2D eigenvalue weighted by atomic mass is 9.89. The fourth-order valence-corrected chi connectivity index (χ4v) is 3.85. The number of carbonyl (C=O) groups is 1. The number of rotatable bonds is 2. The molecule has 0 spiro atoms. The van der Waals surface area contributed by atoms with Crippen molar-refractivity contribution < 1.29 is 14.6 Å². The van der Waals surface area contributed by atoms with Crippen molar-refractivity contribution >= 4 is 40.2 Å². The third-order valence-electron chi connectivity index (χ3n) is 4.33. The van der Waals surface area contributed by atoms with E-state index in [9.17, 15) is 9.90 Å². The van der Waals surface area contributed by atoms with Crippen molar-refractivity contribution in [3.05, 3.63) is 62.3 Å². The molecule has 0 fully saturated rings. The van der Waals surface area contributed by atoms with Crippen LogP contribution < -0.4 is 4.74 Å². The molecular weight excluding hydrogens is 467 g/mol. The molecule has 0 saturated carbocycles. The molecule has 0 saturated heterocycles. The zero-order valence-corrected chi connectivity index (χ0v) is 16.9. The molecule has 2 heterocycles. The van der Waals surface area contributed by atoms with E-state index in [1.54, 1.807) is 16.8 Å². The smallest absolute Gasteiger partial charge is 0.356 e. The summed E-state index contributed by atoms with van der Waals surface area (Å²) < 4.78 is 8.84. The number of benzene rings is 2. The maximum Gasteiger partial charge on any atom is 0.356 e. The average Bonchev–Trinajstić information content (AvgIpc) is 2.97. The van der Waals surface area contributed by atoms with Crippen LogP contribution in [0, 0.1) is 3.57 Å². The molecule has 1 aliphatic heterocycles. The highest BCUT2D eigenvalue weighted by Crippen LogP contribution is 2.47. The van der Waals surface area contributed by atoms with E-state index < -0.39 is 11.6 Å². The van der Waals surface area contributed by atoms with Crippen LogP contribution in [0.15, 0.2) is 42.5 Å². The van der Waals surface area contributed by atoms with E-state index in [0.717, 1.165) is 20.5 Å². The quantitative estimate of drug-likeness (QED) is 0.517. The molecule has 0 atom stereocenters.